The van der Waals surface area contributed by atoms with Crippen LogP contribution in [-0.2, 0) is 56.8 Å². The maximum Gasteiger partial charge on any atom is 0.339 e. The van der Waals surface area contributed by atoms with E-state index in [4.69, 9.17) is 56.8 Å². The summed E-state index contributed by atoms with van der Waals surface area (Å²) in [4.78, 5) is 114. The fourth-order valence-corrected chi connectivity index (χ4v) is 14.9. The van der Waals surface area contributed by atoms with Gasteiger partial charge < -0.3 is 56.8 Å². The Kier molecular flexibility index (Phi) is 35.6. The Balaban J connectivity index is 0.000000182. The van der Waals surface area contributed by atoms with Crippen LogP contribution in [0.3, 0.4) is 0 Å². The number of nitrogens with zero attached hydrogens (tertiary/aromatic N) is 8. The van der Waals surface area contributed by atoms with E-state index in [1.54, 1.807) is 18.2 Å². The van der Waals surface area contributed by atoms with E-state index in [0.29, 0.717) is 40.0 Å². The minimum Gasteiger partial charge on any atom is -0.455 e. The largest absolute Gasteiger partial charge is 0.455 e. The fraction of sp³-hybridized carbons (Fsp3) is 0.478. The molecule has 0 N–H and O–H groups in total. The van der Waals surface area contributed by atoms with Crippen LogP contribution in [0.25, 0.3) is 43.1 Å². The molecule has 8 aromatic carbocycles. The van der Waals surface area contributed by atoms with Gasteiger partial charge in [-0.2, -0.15) is 0 Å². The lowest BCUT2D eigenvalue weighted by atomic mass is 9.91. The number of urea groups is 4. The van der Waals surface area contributed by atoms with Crippen LogP contribution < -0.4 is 0 Å². The maximum absolute atomic E-state index is 13.2. The van der Waals surface area contributed by atoms with Crippen molar-refractivity contribution < 1.29 is 95.2 Å². The topological polar surface area (TPSA) is 273 Å². The fourth-order valence-electron chi connectivity index (χ4n) is 14.9. The standard InChI is InChI=1S/4C23H30N2O5/c1-5-16(2)18-8-6-17-7-9-19(11-20(17)10-18)22(26)30-21-12-24(14-28-3)23(27)25(13-21)15-29-4;1-5-16(2)17-9-10-20-18(11-17)7-6-8-21(20)22(26)30-19-12-24(14-28-3)23(27)25(13-19)15-29-4;1-5-16(2)18-10-9-17-7-6-8-20(21(17)11-18)22(26)30-19-12-24(14-28-3)23(27)25(13-19)15-29-4;1-5-16(2)20-10-17-8-6-7-9-18(17)11-21(20)22(26)30-19-12-24(14-28-3)23(27)25(13-19)15-29-4/h6-11,16,21H,5,12-15H2,1-4H3;3*6-11,16,19H,5,12-15H2,1-4H3. The summed E-state index contributed by atoms with van der Waals surface area (Å²) < 4.78 is 64.2. The van der Waals surface area contributed by atoms with Crippen molar-refractivity contribution >= 4 is 91.1 Å². The minimum atomic E-state index is -0.478. The molecule has 0 aromatic heterocycles. The number of carbonyl (C=O) groups excluding carboxylic acids is 8. The zero-order valence-electron chi connectivity index (χ0n) is 72.4. The summed E-state index contributed by atoms with van der Waals surface area (Å²) in [6.07, 6.45) is 2.16. The number of methoxy groups -OCH3 is 8. The first-order valence-corrected chi connectivity index (χ1v) is 40.9. The highest BCUT2D eigenvalue weighted by Crippen LogP contribution is 2.33. The van der Waals surface area contributed by atoms with Crippen molar-refractivity contribution in [2.75, 3.05) is 163 Å². The number of ether oxygens (including phenoxy) is 12. The molecule has 648 valence electrons. The first-order valence-electron chi connectivity index (χ1n) is 40.9. The third-order valence-corrected chi connectivity index (χ3v) is 22.1. The summed E-state index contributed by atoms with van der Waals surface area (Å²) in [5.74, 6) is -0.00763. The third-order valence-electron chi connectivity index (χ3n) is 22.1. The summed E-state index contributed by atoms with van der Waals surface area (Å²) in [5, 5.41) is 7.96. The van der Waals surface area contributed by atoms with Crippen LogP contribution >= 0.6 is 0 Å². The highest BCUT2D eigenvalue weighted by atomic mass is 16.6. The van der Waals surface area contributed by atoms with Gasteiger partial charge in [-0.25, -0.2) is 38.4 Å². The average molecular weight is 1660 g/mol. The van der Waals surface area contributed by atoms with E-state index in [1.807, 2.05) is 78.9 Å². The van der Waals surface area contributed by atoms with Gasteiger partial charge in [-0.05, 0) is 145 Å². The van der Waals surface area contributed by atoms with Gasteiger partial charge in [-0.1, -0.05) is 171 Å². The van der Waals surface area contributed by atoms with Crippen LogP contribution in [0.15, 0.2) is 146 Å². The van der Waals surface area contributed by atoms with Crippen LogP contribution in [0.1, 0.15) is 168 Å². The molecule has 8 amide bonds. The Hall–Kier alpha value is -10.6. The zero-order valence-corrected chi connectivity index (χ0v) is 72.4. The van der Waals surface area contributed by atoms with Crippen molar-refractivity contribution in [2.45, 2.75) is 129 Å². The molecule has 0 aliphatic carbocycles. The second-order valence-corrected chi connectivity index (χ2v) is 30.8. The van der Waals surface area contributed by atoms with Gasteiger partial charge in [0.15, 0.2) is 0 Å². The molecule has 0 bridgehead atoms. The van der Waals surface area contributed by atoms with Gasteiger partial charge in [0.2, 0.25) is 0 Å². The zero-order chi connectivity index (χ0) is 86.7. The molecular formula is C92H120N8O20. The van der Waals surface area contributed by atoms with Crippen LogP contribution in [0.4, 0.5) is 19.2 Å². The lowest BCUT2D eigenvalue weighted by Gasteiger charge is -2.38. The maximum atomic E-state index is 13.2. The number of hydrogen-bond acceptors (Lipinski definition) is 20. The number of fused-ring (bicyclic) bond motifs is 4. The number of hydrogen-bond donors (Lipinski definition) is 0. The van der Waals surface area contributed by atoms with Crippen molar-refractivity contribution in [1.82, 2.24) is 39.2 Å². The Morgan fingerprint density at radius 2 is 0.600 bits per heavy atom. The van der Waals surface area contributed by atoms with E-state index in [-0.39, 0.29) is 142 Å². The van der Waals surface area contributed by atoms with Gasteiger partial charge in [-0.15, -0.1) is 0 Å². The Morgan fingerprint density at radius 1 is 0.292 bits per heavy atom. The van der Waals surface area contributed by atoms with E-state index in [2.05, 4.69) is 104 Å². The molecule has 4 unspecified atom stereocenters. The Labute approximate surface area is 704 Å². The predicted molar refractivity (Wildman–Crippen MR) is 458 cm³/mol. The van der Waals surface area contributed by atoms with E-state index in [0.717, 1.165) is 74.3 Å². The number of benzene rings is 8. The molecule has 4 saturated heterocycles. The molecule has 8 aromatic rings. The molecule has 4 heterocycles. The number of amides is 8. The van der Waals surface area contributed by atoms with Gasteiger partial charge in [-0.3, -0.25) is 39.2 Å². The highest BCUT2D eigenvalue weighted by molar-refractivity contribution is 6.06. The van der Waals surface area contributed by atoms with E-state index in [1.165, 1.54) is 113 Å². The summed E-state index contributed by atoms with van der Waals surface area (Å²) in [5.41, 5.74) is 6.83. The van der Waals surface area contributed by atoms with E-state index >= 15 is 0 Å². The lowest BCUT2D eigenvalue weighted by molar-refractivity contribution is -0.0402. The van der Waals surface area contributed by atoms with Crippen LogP contribution in [-0.4, -0.2) is 275 Å². The molecule has 12 rings (SSSR count). The molecule has 4 aliphatic rings. The highest BCUT2D eigenvalue weighted by Gasteiger charge is 2.39. The molecule has 0 radical (unpaired) electrons. The van der Waals surface area contributed by atoms with E-state index in [9.17, 15) is 38.4 Å². The van der Waals surface area contributed by atoms with Gasteiger partial charge >= 0.3 is 48.0 Å². The van der Waals surface area contributed by atoms with Crippen LogP contribution in [0.5, 0.6) is 0 Å². The number of esters is 4. The molecule has 4 aliphatic heterocycles. The summed E-state index contributed by atoms with van der Waals surface area (Å²) >= 11 is 0. The molecule has 0 spiro atoms. The summed E-state index contributed by atoms with van der Waals surface area (Å²) in [6.45, 7) is 20.5. The quantitative estimate of drug-likeness (QED) is 0.0280. The van der Waals surface area contributed by atoms with Crippen LogP contribution in [0, 0.1) is 0 Å². The predicted octanol–water partition coefficient (Wildman–Crippen LogP) is 15.3. The molecule has 28 heteroatoms. The van der Waals surface area contributed by atoms with Gasteiger partial charge in [0.05, 0.1) is 74.6 Å². The normalized spacial score (nSPS) is 16.2. The SMILES string of the molecule is CCC(C)c1cc2ccccc2cc1C(=O)OC1CN(COC)C(=O)N(COC)C1.CCC(C)c1ccc2c(C(=O)OC3CN(COC)C(=O)N(COC)C3)cccc2c1.CCC(C)c1ccc2ccc(C(=O)OC3CN(COC)C(=O)N(COC)C3)cc2c1.CCC(C)c1ccc2cccc(C(=O)OC3CN(COC)C(=O)N(COC)C3)c2c1. The summed E-state index contributed by atoms with van der Waals surface area (Å²) in [7, 11) is 12.2. The monoisotopic (exact) mass is 1660 g/mol. The second-order valence-electron chi connectivity index (χ2n) is 30.8. The van der Waals surface area contributed by atoms with Gasteiger partial charge in [0.25, 0.3) is 0 Å². The van der Waals surface area contributed by atoms with E-state index < -0.39 is 42.3 Å². The van der Waals surface area contributed by atoms with Crippen molar-refractivity contribution in [3.8, 4) is 0 Å². The van der Waals surface area contributed by atoms with Crippen molar-refractivity contribution in [1.29, 1.82) is 0 Å². The van der Waals surface area contributed by atoms with Crippen molar-refractivity contribution in [3.05, 3.63) is 190 Å². The first kappa shape index (κ1) is 93.3. The smallest absolute Gasteiger partial charge is 0.339 e. The molecule has 0 saturated carbocycles. The minimum absolute atomic E-state index is 0.125. The first-order chi connectivity index (χ1) is 57.9. The van der Waals surface area contributed by atoms with Crippen molar-refractivity contribution in [3.63, 3.8) is 0 Å². The van der Waals surface area contributed by atoms with Crippen molar-refractivity contribution in [2.24, 2.45) is 0 Å². The lowest BCUT2D eigenvalue weighted by Crippen LogP contribution is -2.57. The Bertz CT molecular complexity index is 4690. The average Bonchev–Trinajstić information content (AvgIpc) is 0.804. The number of carbonyl (C=O) groups is 8. The van der Waals surface area contributed by atoms with Gasteiger partial charge in [0.1, 0.15) is 78.3 Å². The second kappa shape index (κ2) is 45.7. The molecule has 120 heavy (non-hydrogen) atoms. The van der Waals surface area contributed by atoms with Gasteiger partial charge in [0, 0.05) is 56.9 Å². The molecule has 4 atom stereocenters. The van der Waals surface area contributed by atoms with Crippen LogP contribution in [0.2, 0.25) is 0 Å². The molecule has 28 nitrogen and oxygen atoms in total. The number of rotatable bonds is 32. The molecular weight excluding hydrogens is 1540 g/mol. The third kappa shape index (κ3) is 24.2. The summed E-state index contributed by atoms with van der Waals surface area (Å²) in [6, 6.07) is 46.9. The molecule has 4 fully saturated rings. The Morgan fingerprint density at radius 3 is 0.983 bits per heavy atom.